The molecule has 1 aromatic carbocycles. The van der Waals surface area contributed by atoms with Crippen molar-refractivity contribution < 1.29 is 13.9 Å². The van der Waals surface area contributed by atoms with Gasteiger partial charge in [0.2, 0.25) is 0 Å². The predicted molar refractivity (Wildman–Crippen MR) is 98.9 cm³/mol. The fraction of sp³-hybridized carbons (Fsp3) is 0.474. The molecule has 1 N–H and O–H groups in total. The number of hydrogen-bond acceptors (Lipinski definition) is 4. The van der Waals surface area contributed by atoms with Gasteiger partial charge < -0.3 is 10.1 Å². The third kappa shape index (κ3) is 6.46. The Balaban J connectivity index is 1.66. The van der Waals surface area contributed by atoms with Gasteiger partial charge in [0.15, 0.2) is 0 Å². The van der Waals surface area contributed by atoms with Crippen LogP contribution in [0.4, 0.5) is 4.39 Å². The molecule has 0 atom stereocenters. The Morgan fingerprint density at radius 3 is 2.68 bits per heavy atom. The lowest BCUT2D eigenvalue weighted by Crippen LogP contribution is -2.24. The Labute approximate surface area is 152 Å². The van der Waals surface area contributed by atoms with Crippen LogP contribution < -0.4 is 10.1 Å². The number of hydrogen-bond donors (Lipinski definition) is 1. The zero-order valence-electron chi connectivity index (χ0n) is 15.0. The number of amides is 1. The number of nitrogens with one attached hydrogen (secondary N) is 1. The summed E-state index contributed by atoms with van der Waals surface area (Å²) >= 11 is 1.48. The molecule has 1 aromatic heterocycles. The molecular weight excluding hydrogens is 339 g/mol. The summed E-state index contributed by atoms with van der Waals surface area (Å²) in [5.74, 6) is 0.861. The number of rotatable bonds is 9. The number of halogens is 1. The van der Waals surface area contributed by atoms with Gasteiger partial charge in [-0.3, -0.25) is 4.79 Å². The van der Waals surface area contributed by atoms with E-state index in [1.807, 2.05) is 6.92 Å². The second-order valence-corrected chi connectivity index (χ2v) is 7.47. The van der Waals surface area contributed by atoms with E-state index >= 15 is 0 Å². The number of carbonyl (C=O) groups is 1. The summed E-state index contributed by atoms with van der Waals surface area (Å²) in [6.45, 7) is 7.31. The van der Waals surface area contributed by atoms with Gasteiger partial charge in [-0.15, -0.1) is 11.3 Å². The summed E-state index contributed by atoms with van der Waals surface area (Å²) in [6.07, 6.45) is 2.54. The zero-order valence-corrected chi connectivity index (χ0v) is 15.8. The minimum Gasteiger partial charge on any atom is -0.494 e. The Morgan fingerprint density at radius 2 is 2.00 bits per heavy atom. The number of aryl methyl sites for hydroxylation is 1. The summed E-state index contributed by atoms with van der Waals surface area (Å²) in [5.41, 5.74) is 0.804. The highest BCUT2D eigenvalue weighted by Gasteiger charge is 2.15. The smallest absolute Gasteiger partial charge is 0.263 e. The molecule has 1 amide bonds. The molecule has 0 radical (unpaired) electrons. The van der Waals surface area contributed by atoms with Crippen LogP contribution in [0.1, 0.15) is 47.1 Å². The monoisotopic (exact) mass is 364 g/mol. The second-order valence-electron chi connectivity index (χ2n) is 6.39. The summed E-state index contributed by atoms with van der Waals surface area (Å²) in [4.78, 5) is 17.4. The van der Waals surface area contributed by atoms with Crippen molar-refractivity contribution in [2.45, 2.75) is 40.0 Å². The molecule has 0 saturated carbocycles. The quantitative estimate of drug-likeness (QED) is 0.672. The van der Waals surface area contributed by atoms with Crippen molar-refractivity contribution in [2.75, 3.05) is 13.2 Å². The molecule has 4 nitrogen and oxygen atoms in total. The number of unbranched alkanes of at least 4 members (excludes halogenated alkanes) is 1. The molecule has 2 aromatic rings. The van der Waals surface area contributed by atoms with Crippen LogP contribution in [0.5, 0.6) is 5.75 Å². The van der Waals surface area contributed by atoms with Crippen LogP contribution in [0.3, 0.4) is 0 Å². The van der Waals surface area contributed by atoms with E-state index in [1.165, 1.54) is 23.5 Å². The minimum absolute atomic E-state index is 0.0514. The highest BCUT2D eigenvalue weighted by molar-refractivity contribution is 7.13. The van der Waals surface area contributed by atoms with E-state index in [4.69, 9.17) is 4.74 Å². The molecule has 136 valence electrons. The molecule has 25 heavy (non-hydrogen) atoms. The first-order chi connectivity index (χ1) is 12.0. The lowest BCUT2D eigenvalue weighted by molar-refractivity contribution is 0.0955. The predicted octanol–water partition coefficient (Wildman–Crippen LogP) is 4.38. The lowest BCUT2D eigenvalue weighted by Gasteiger charge is -2.07. The fourth-order valence-corrected chi connectivity index (χ4v) is 3.52. The van der Waals surface area contributed by atoms with Gasteiger partial charge in [0.25, 0.3) is 5.91 Å². The third-order valence-corrected chi connectivity index (χ3v) is 4.75. The van der Waals surface area contributed by atoms with Crippen LogP contribution in [0.2, 0.25) is 0 Å². The number of thiazole rings is 1. The number of nitrogens with zero attached hydrogens (tertiary/aromatic N) is 1. The maximum absolute atomic E-state index is 12.8. The maximum atomic E-state index is 12.8. The van der Waals surface area contributed by atoms with Crippen LogP contribution in [0.25, 0.3) is 0 Å². The SMILES string of the molecule is Cc1nc(CC(C)C)sc1C(=O)NCCCCOc1ccc(F)cc1. The average molecular weight is 364 g/mol. The second kappa shape index (κ2) is 9.51. The molecule has 0 aliphatic rings. The zero-order chi connectivity index (χ0) is 18.2. The molecule has 0 bridgehead atoms. The van der Waals surface area contributed by atoms with Crippen LogP contribution in [-0.2, 0) is 6.42 Å². The van der Waals surface area contributed by atoms with Gasteiger partial charge in [-0.2, -0.15) is 0 Å². The number of ether oxygens (including phenoxy) is 1. The molecule has 6 heteroatoms. The minimum atomic E-state index is -0.273. The third-order valence-electron chi connectivity index (χ3n) is 3.57. The number of benzene rings is 1. The average Bonchev–Trinajstić information content (AvgIpc) is 2.92. The van der Waals surface area contributed by atoms with E-state index in [0.29, 0.717) is 29.7 Å². The van der Waals surface area contributed by atoms with Crippen LogP contribution in [0, 0.1) is 18.7 Å². The normalized spacial score (nSPS) is 10.9. The summed E-state index contributed by atoms with van der Waals surface area (Å²) in [7, 11) is 0. The van der Waals surface area contributed by atoms with E-state index in [1.54, 1.807) is 12.1 Å². The molecule has 1 heterocycles. The van der Waals surface area contributed by atoms with Gasteiger partial charge in [0.1, 0.15) is 16.4 Å². The van der Waals surface area contributed by atoms with Gasteiger partial charge in [0.05, 0.1) is 17.3 Å². The summed E-state index contributed by atoms with van der Waals surface area (Å²) < 4.78 is 18.3. The van der Waals surface area contributed by atoms with Crippen LogP contribution in [0.15, 0.2) is 24.3 Å². The van der Waals surface area contributed by atoms with Crippen molar-refractivity contribution in [3.63, 3.8) is 0 Å². The van der Waals surface area contributed by atoms with Crippen LogP contribution >= 0.6 is 11.3 Å². The molecule has 0 saturated heterocycles. The molecule has 0 aliphatic carbocycles. The van der Waals surface area contributed by atoms with Crippen molar-refractivity contribution in [3.05, 3.63) is 45.7 Å². The largest absolute Gasteiger partial charge is 0.494 e. The van der Waals surface area contributed by atoms with E-state index in [9.17, 15) is 9.18 Å². The standard InChI is InChI=1S/C19H25FN2O2S/c1-13(2)12-17-22-14(3)18(25-17)19(23)21-10-4-5-11-24-16-8-6-15(20)7-9-16/h6-9,13H,4-5,10-12H2,1-3H3,(H,21,23). The maximum Gasteiger partial charge on any atom is 0.263 e. The van der Waals surface area contributed by atoms with E-state index in [-0.39, 0.29) is 11.7 Å². The summed E-state index contributed by atoms with van der Waals surface area (Å²) in [6, 6.07) is 5.97. The van der Waals surface area contributed by atoms with Gasteiger partial charge in [-0.1, -0.05) is 13.8 Å². The molecule has 0 fully saturated rings. The van der Waals surface area contributed by atoms with E-state index in [0.717, 1.165) is 30.0 Å². The topological polar surface area (TPSA) is 51.2 Å². The van der Waals surface area contributed by atoms with Crippen molar-refractivity contribution >= 4 is 17.2 Å². The molecule has 0 spiro atoms. The molecule has 0 aliphatic heterocycles. The Morgan fingerprint density at radius 1 is 1.28 bits per heavy atom. The van der Waals surface area contributed by atoms with Crippen molar-refractivity contribution in [1.82, 2.24) is 10.3 Å². The van der Waals surface area contributed by atoms with E-state index < -0.39 is 0 Å². The highest BCUT2D eigenvalue weighted by atomic mass is 32.1. The molecular formula is C19H25FN2O2S. The first kappa shape index (κ1) is 19.4. The Hall–Kier alpha value is -1.95. The molecule has 0 unspecified atom stereocenters. The molecule has 2 rings (SSSR count). The van der Waals surface area contributed by atoms with Gasteiger partial charge in [-0.25, -0.2) is 9.37 Å². The number of aromatic nitrogens is 1. The van der Waals surface area contributed by atoms with Gasteiger partial charge in [-0.05, 0) is 49.9 Å². The Bertz CT molecular complexity index is 683. The summed E-state index contributed by atoms with van der Waals surface area (Å²) in [5, 5.41) is 3.96. The van der Waals surface area contributed by atoms with Gasteiger partial charge in [0, 0.05) is 13.0 Å². The lowest BCUT2D eigenvalue weighted by atomic mass is 10.1. The van der Waals surface area contributed by atoms with Crippen LogP contribution in [-0.4, -0.2) is 24.0 Å². The van der Waals surface area contributed by atoms with E-state index in [2.05, 4.69) is 24.1 Å². The van der Waals surface area contributed by atoms with Crippen molar-refractivity contribution in [1.29, 1.82) is 0 Å². The first-order valence-electron chi connectivity index (χ1n) is 8.58. The fourth-order valence-electron chi connectivity index (χ4n) is 2.33. The highest BCUT2D eigenvalue weighted by Crippen LogP contribution is 2.20. The number of carbonyl (C=O) groups excluding carboxylic acids is 1. The van der Waals surface area contributed by atoms with Gasteiger partial charge >= 0.3 is 0 Å². The first-order valence-corrected chi connectivity index (χ1v) is 9.40. The van der Waals surface area contributed by atoms with Crippen molar-refractivity contribution in [3.8, 4) is 5.75 Å². The van der Waals surface area contributed by atoms with Crippen molar-refractivity contribution in [2.24, 2.45) is 5.92 Å². The Kier molecular flexibility index (Phi) is 7.37.